The number of carbonyl (C=O) groups excluding carboxylic acids is 2. The van der Waals surface area contributed by atoms with E-state index in [0.717, 1.165) is 0 Å². The van der Waals surface area contributed by atoms with Crippen molar-refractivity contribution >= 4 is 11.9 Å². The maximum atomic E-state index is 11.6. The summed E-state index contributed by atoms with van der Waals surface area (Å²) in [5.74, 6) is -1.08. The zero-order valence-corrected chi connectivity index (χ0v) is 9.58. The van der Waals surface area contributed by atoms with Crippen molar-refractivity contribution in [3.8, 4) is 0 Å². The highest BCUT2D eigenvalue weighted by molar-refractivity contribution is 5.99. The zero-order valence-electron chi connectivity index (χ0n) is 9.58. The maximum Gasteiger partial charge on any atom is 0.328 e. The Kier molecular flexibility index (Phi) is 3.71. The summed E-state index contributed by atoms with van der Waals surface area (Å²) in [6.07, 6.45) is -9.54. The van der Waals surface area contributed by atoms with Crippen molar-refractivity contribution < 1.29 is 39.9 Å². The first-order valence-corrected chi connectivity index (χ1v) is 5.50. The molecule has 2 fully saturated rings. The van der Waals surface area contributed by atoms with Crippen molar-refractivity contribution in [3.63, 3.8) is 0 Å². The van der Waals surface area contributed by atoms with Crippen molar-refractivity contribution in [2.75, 3.05) is 6.61 Å². The standard InChI is InChI=1S/C9H14N2O8/c12-1-2-3(13)4(14)8(19-2)11-7(17)5(15)6(16)10-9(11)18/h2-5,7-8,12-15,17H,1H2,(H,10,16,18)/t2-,3-,4-,5?,7?,8-/m1/s1. The lowest BCUT2D eigenvalue weighted by Gasteiger charge is -2.38. The number of nitrogens with zero attached hydrogens (tertiary/aromatic N) is 1. The van der Waals surface area contributed by atoms with Gasteiger partial charge in [0, 0.05) is 0 Å². The van der Waals surface area contributed by atoms with Crippen LogP contribution in [0.2, 0.25) is 0 Å². The molecule has 3 amide bonds. The molecule has 6 N–H and O–H groups in total. The van der Waals surface area contributed by atoms with Crippen molar-refractivity contribution in [1.82, 2.24) is 10.2 Å². The lowest BCUT2D eigenvalue weighted by atomic mass is 10.1. The number of aliphatic hydroxyl groups excluding tert-OH is 5. The average molecular weight is 278 g/mol. The molecule has 0 aromatic rings. The van der Waals surface area contributed by atoms with E-state index in [2.05, 4.69) is 0 Å². The highest BCUT2D eigenvalue weighted by Gasteiger charge is 2.52. The molecular weight excluding hydrogens is 264 g/mol. The second-order valence-corrected chi connectivity index (χ2v) is 4.29. The number of nitrogens with one attached hydrogen (secondary N) is 1. The van der Waals surface area contributed by atoms with Crippen molar-refractivity contribution in [2.45, 2.75) is 36.9 Å². The largest absolute Gasteiger partial charge is 0.394 e. The van der Waals surface area contributed by atoms with Gasteiger partial charge in [-0.1, -0.05) is 0 Å². The molecule has 0 bridgehead atoms. The Labute approximate surface area is 106 Å². The van der Waals surface area contributed by atoms with E-state index in [1.807, 2.05) is 0 Å². The molecule has 19 heavy (non-hydrogen) atoms. The first kappa shape index (κ1) is 14.1. The number of aliphatic hydroxyl groups is 5. The van der Waals surface area contributed by atoms with Gasteiger partial charge in [-0.3, -0.25) is 15.0 Å². The van der Waals surface area contributed by atoms with E-state index in [1.54, 1.807) is 5.32 Å². The monoisotopic (exact) mass is 278 g/mol. The maximum absolute atomic E-state index is 11.6. The van der Waals surface area contributed by atoms with Crippen LogP contribution in [-0.2, 0) is 9.53 Å². The summed E-state index contributed by atoms with van der Waals surface area (Å²) in [4.78, 5) is 23.2. The quantitative estimate of drug-likeness (QED) is 0.295. The Morgan fingerprint density at radius 1 is 1.16 bits per heavy atom. The molecule has 0 spiro atoms. The summed E-state index contributed by atoms with van der Waals surface area (Å²) >= 11 is 0. The third-order valence-electron chi connectivity index (χ3n) is 3.09. The van der Waals surface area contributed by atoms with Gasteiger partial charge in [0.05, 0.1) is 6.61 Å². The summed E-state index contributed by atoms with van der Waals surface area (Å²) in [7, 11) is 0. The Morgan fingerprint density at radius 3 is 2.32 bits per heavy atom. The molecule has 2 heterocycles. The topological polar surface area (TPSA) is 160 Å². The van der Waals surface area contributed by atoms with Crippen LogP contribution >= 0.6 is 0 Å². The van der Waals surface area contributed by atoms with E-state index in [4.69, 9.17) is 9.84 Å². The molecule has 0 aromatic heterocycles. The van der Waals surface area contributed by atoms with Gasteiger partial charge in [0.15, 0.2) is 18.6 Å². The summed E-state index contributed by atoms with van der Waals surface area (Å²) in [6, 6.07) is -1.09. The predicted molar refractivity (Wildman–Crippen MR) is 55.2 cm³/mol. The third-order valence-corrected chi connectivity index (χ3v) is 3.09. The van der Waals surface area contributed by atoms with Crippen LogP contribution in [0.25, 0.3) is 0 Å². The number of rotatable bonds is 2. The molecule has 0 saturated carbocycles. The van der Waals surface area contributed by atoms with Crippen LogP contribution in [0.15, 0.2) is 0 Å². The molecule has 10 heteroatoms. The molecule has 108 valence electrons. The molecule has 2 rings (SSSR count). The number of carbonyl (C=O) groups is 2. The minimum Gasteiger partial charge on any atom is -0.394 e. The summed E-state index contributed by atoms with van der Waals surface area (Å²) in [5, 5.41) is 49.0. The molecule has 2 saturated heterocycles. The second kappa shape index (κ2) is 5.00. The number of urea groups is 1. The van der Waals surface area contributed by atoms with Gasteiger partial charge in [0.2, 0.25) is 0 Å². The Bertz CT molecular complexity index is 390. The lowest BCUT2D eigenvalue weighted by molar-refractivity contribution is -0.176. The van der Waals surface area contributed by atoms with Gasteiger partial charge >= 0.3 is 6.03 Å². The van der Waals surface area contributed by atoms with Gasteiger partial charge in [-0.25, -0.2) is 4.79 Å². The molecule has 0 aliphatic carbocycles. The summed E-state index contributed by atoms with van der Waals surface area (Å²) < 4.78 is 5.03. The van der Waals surface area contributed by atoms with E-state index >= 15 is 0 Å². The van der Waals surface area contributed by atoms with Crippen LogP contribution in [0.4, 0.5) is 4.79 Å². The van der Waals surface area contributed by atoms with Gasteiger partial charge in [0.1, 0.15) is 18.3 Å². The molecule has 10 nitrogen and oxygen atoms in total. The third kappa shape index (κ3) is 2.18. The molecule has 2 aliphatic rings. The number of hydrogen-bond acceptors (Lipinski definition) is 8. The van der Waals surface area contributed by atoms with Gasteiger partial charge in [0.25, 0.3) is 5.91 Å². The smallest absolute Gasteiger partial charge is 0.328 e. The number of hydrogen-bond donors (Lipinski definition) is 6. The van der Waals surface area contributed by atoms with Crippen molar-refractivity contribution in [3.05, 3.63) is 0 Å². The van der Waals surface area contributed by atoms with Crippen LogP contribution in [-0.4, -0.2) is 85.8 Å². The molecule has 0 radical (unpaired) electrons. The van der Waals surface area contributed by atoms with Gasteiger partial charge in [-0.2, -0.15) is 0 Å². The van der Waals surface area contributed by atoms with E-state index in [9.17, 15) is 30.0 Å². The number of amides is 3. The van der Waals surface area contributed by atoms with Crippen LogP contribution < -0.4 is 5.32 Å². The fraction of sp³-hybridized carbons (Fsp3) is 0.778. The molecule has 2 aliphatic heterocycles. The van der Waals surface area contributed by atoms with E-state index in [-0.39, 0.29) is 0 Å². The second-order valence-electron chi connectivity index (χ2n) is 4.29. The first-order chi connectivity index (χ1) is 8.88. The number of ether oxygens (including phenoxy) is 1. The van der Waals surface area contributed by atoms with E-state index < -0.39 is 55.4 Å². The lowest BCUT2D eigenvalue weighted by Crippen LogP contribution is -2.67. The summed E-state index contributed by atoms with van der Waals surface area (Å²) in [5.41, 5.74) is 0. The molecule has 2 unspecified atom stereocenters. The fourth-order valence-corrected chi connectivity index (χ4v) is 2.03. The fourth-order valence-electron chi connectivity index (χ4n) is 2.03. The predicted octanol–water partition coefficient (Wildman–Crippen LogP) is -4.34. The van der Waals surface area contributed by atoms with Crippen LogP contribution in [0.3, 0.4) is 0 Å². The van der Waals surface area contributed by atoms with Crippen LogP contribution in [0.1, 0.15) is 0 Å². The van der Waals surface area contributed by atoms with E-state index in [1.165, 1.54) is 0 Å². The Hall–Kier alpha value is -1.30. The first-order valence-electron chi connectivity index (χ1n) is 5.50. The van der Waals surface area contributed by atoms with Gasteiger partial charge in [-0.15, -0.1) is 0 Å². The molecule has 6 atom stereocenters. The minimum absolute atomic E-state index is 0.496. The minimum atomic E-state index is -1.93. The molecular formula is C9H14N2O8. The van der Waals surface area contributed by atoms with Crippen molar-refractivity contribution in [1.29, 1.82) is 0 Å². The van der Waals surface area contributed by atoms with E-state index in [0.29, 0.717) is 4.90 Å². The summed E-state index contributed by atoms with van der Waals surface area (Å²) in [6.45, 7) is -0.609. The van der Waals surface area contributed by atoms with Crippen molar-refractivity contribution in [2.24, 2.45) is 0 Å². The SMILES string of the molecule is O=C1NC(=O)N([C@@H]2O[C@H](CO)[C@@H](O)[C@H]2O)C(O)C1O. The average Bonchev–Trinajstić information content (AvgIpc) is 2.64. The Morgan fingerprint density at radius 2 is 1.79 bits per heavy atom. The Balaban J connectivity index is 2.21. The van der Waals surface area contributed by atoms with Gasteiger partial charge < -0.3 is 30.3 Å². The van der Waals surface area contributed by atoms with Gasteiger partial charge in [-0.05, 0) is 0 Å². The zero-order chi connectivity index (χ0) is 14.3. The molecule has 0 aromatic carbocycles. The number of imide groups is 1. The van der Waals surface area contributed by atoms with Crippen LogP contribution in [0, 0.1) is 0 Å². The normalized spacial score (nSPS) is 43.5. The highest BCUT2D eigenvalue weighted by Crippen LogP contribution is 2.27. The highest BCUT2D eigenvalue weighted by atomic mass is 16.6. The van der Waals surface area contributed by atoms with Crippen LogP contribution in [0.5, 0.6) is 0 Å².